The van der Waals surface area contributed by atoms with Crippen molar-refractivity contribution in [3.63, 3.8) is 0 Å². The van der Waals surface area contributed by atoms with Crippen molar-refractivity contribution in [1.82, 2.24) is 0 Å². The lowest BCUT2D eigenvalue weighted by Gasteiger charge is -2.40. The van der Waals surface area contributed by atoms with Gasteiger partial charge in [0.25, 0.3) is 0 Å². The van der Waals surface area contributed by atoms with Crippen LogP contribution in [0.3, 0.4) is 0 Å². The summed E-state index contributed by atoms with van der Waals surface area (Å²) >= 11 is 7.24. The number of hydrogen-bond acceptors (Lipinski definition) is 1. The number of aryl methyl sites for hydroxylation is 2. The zero-order valence-corrected chi connectivity index (χ0v) is 20.4. The van der Waals surface area contributed by atoms with Crippen molar-refractivity contribution in [3.05, 3.63) is 127 Å². The van der Waals surface area contributed by atoms with E-state index >= 15 is 0 Å². The molecular formula is C28H20Br2O. The molecule has 0 saturated heterocycles. The number of carbonyl (C=O) groups is 1. The molecule has 5 rings (SSSR count). The van der Waals surface area contributed by atoms with Crippen LogP contribution in [0.15, 0.2) is 93.9 Å². The molecular weight excluding hydrogens is 512 g/mol. The normalized spacial score (nSPS) is 14.1. The molecule has 1 aliphatic carbocycles. The second-order valence-electron chi connectivity index (χ2n) is 8.19. The minimum atomic E-state index is -0.905. The van der Waals surface area contributed by atoms with Crippen molar-refractivity contribution in [2.24, 2.45) is 0 Å². The molecule has 0 amide bonds. The fraction of sp³-hybridized carbons (Fsp3) is 0.107. The van der Waals surface area contributed by atoms with Gasteiger partial charge in [0.15, 0.2) is 5.78 Å². The second kappa shape index (κ2) is 7.58. The highest BCUT2D eigenvalue weighted by Gasteiger charge is 2.49. The largest absolute Gasteiger partial charge is 0.292 e. The Hall–Kier alpha value is -2.49. The van der Waals surface area contributed by atoms with Crippen molar-refractivity contribution in [3.8, 4) is 11.1 Å². The minimum Gasteiger partial charge on any atom is -0.292 e. The maximum Gasteiger partial charge on any atom is 0.182 e. The third-order valence-corrected chi connectivity index (χ3v) is 7.20. The smallest absolute Gasteiger partial charge is 0.182 e. The molecule has 0 aliphatic heterocycles. The van der Waals surface area contributed by atoms with Gasteiger partial charge in [0.2, 0.25) is 0 Å². The number of rotatable bonds is 2. The van der Waals surface area contributed by atoms with Crippen LogP contribution in [0.1, 0.15) is 38.2 Å². The van der Waals surface area contributed by atoms with E-state index in [0.717, 1.165) is 42.3 Å². The molecule has 0 aromatic heterocycles. The van der Waals surface area contributed by atoms with Gasteiger partial charge in [-0.15, -0.1) is 0 Å². The van der Waals surface area contributed by atoms with Gasteiger partial charge in [-0.2, -0.15) is 0 Å². The van der Waals surface area contributed by atoms with Crippen LogP contribution in [0.25, 0.3) is 11.1 Å². The second-order valence-corrected chi connectivity index (χ2v) is 10.0. The molecule has 31 heavy (non-hydrogen) atoms. The lowest BCUT2D eigenvalue weighted by Crippen LogP contribution is -2.41. The molecule has 0 saturated carbocycles. The molecule has 4 aromatic rings. The van der Waals surface area contributed by atoms with Crippen molar-refractivity contribution in [2.75, 3.05) is 0 Å². The first kappa shape index (κ1) is 20.4. The van der Waals surface area contributed by atoms with Crippen molar-refractivity contribution >= 4 is 37.6 Å². The summed E-state index contributed by atoms with van der Waals surface area (Å²) in [5.74, 6) is 0.109. The van der Waals surface area contributed by atoms with E-state index in [1.165, 1.54) is 11.1 Å². The summed E-state index contributed by atoms with van der Waals surface area (Å²) < 4.78 is 1.95. The van der Waals surface area contributed by atoms with Crippen LogP contribution in [0.5, 0.6) is 0 Å². The minimum absolute atomic E-state index is 0.109. The van der Waals surface area contributed by atoms with E-state index in [9.17, 15) is 4.79 Å². The van der Waals surface area contributed by atoms with Gasteiger partial charge in [-0.3, -0.25) is 4.79 Å². The number of hydrogen-bond donors (Lipinski definition) is 0. The van der Waals surface area contributed by atoms with Crippen LogP contribution < -0.4 is 0 Å². The van der Waals surface area contributed by atoms with Crippen LogP contribution in [-0.4, -0.2) is 5.78 Å². The molecule has 4 aromatic carbocycles. The molecule has 0 atom stereocenters. The Morgan fingerprint density at radius 1 is 0.581 bits per heavy atom. The molecule has 1 aliphatic rings. The highest BCUT2D eigenvalue weighted by Crippen LogP contribution is 2.51. The van der Waals surface area contributed by atoms with Crippen molar-refractivity contribution in [1.29, 1.82) is 0 Å². The van der Waals surface area contributed by atoms with Crippen LogP contribution in [0.2, 0.25) is 0 Å². The molecule has 0 N–H and O–H groups in total. The SMILES string of the molecule is Cc1ccc(C2(c3ccc(C)cc3)C(=O)c3ccc(Br)cc3-c3cc(Br)ccc32)cc1. The maximum atomic E-state index is 14.4. The summed E-state index contributed by atoms with van der Waals surface area (Å²) in [6, 6.07) is 29.0. The first-order chi connectivity index (χ1) is 14.9. The summed E-state index contributed by atoms with van der Waals surface area (Å²) in [5, 5.41) is 0. The van der Waals surface area contributed by atoms with E-state index in [4.69, 9.17) is 0 Å². The number of carbonyl (C=O) groups excluding carboxylic acids is 1. The van der Waals surface area contributed by atoms with E-state index in [2.05, 4.69) is 106 Å². The Morgan fingerprint density at radius 2 is 1.06 bits per heavy atom. The van der Waals surface area contributed by atoms with Crippen molar-refractivity contribution < 1.29 is 4.79 Å². The zero-order chi connectivity index (χ0) is 21.8. The fourth-order valence-corrected chi connectivity index (χ4v) is 5.40. The summed E-state index contributed by atoms with van der Waals surface area (Å²) in [6.45, 7) is 4.14. The van der Waals surface area contributed by atoms with Gasteiger partial charge in [-0.1, -0.05) is 97.6 Å². The molecule has 0 spiro atoms. The molecule has 1 nitrogen and oxygen atoms in total. The molecule has 0 fully saturated rings. The van der Waals surface area contributed by atoms with Crippen LogP contribution >= 0.6 is 31.9 Å². The number of Topliss-reactive ketones (excluding diaryl/α,β-unsaturated/α-hetero) is 1. The van der Waals surface area contributed by atoms with E-state index in [1.54, 1.807) is 0 Å². The highest BCUT2D eigenvalue weighted by atomic mass is 79.9. The standard InChI is InChI=1S/C28H20Br2O/c1-17-3-7-19(8-4-17)28(20-9-5-18(2)6-10-20)26-14-12-22(30)16-25(26)24-15-21(29)11-13-23(24)27(28)31/h3-16H,1-2H3. The number of fused-ring (bicyclic) bond motifs is 3. The molecule has 0 bridgehead atoms. The molecule has 0 radical (unpaired) electrons. The van der Waals surface area contributed by atoms with Crippen molar-refractivity contribution in [2.45, 2.75) is 19.3 Å². The van der Waals surface area contributed by atoms with Crippen LogP contribution in [0.4, 0.5) is 0 Å². The average molecular weight is 532 g/mol. The Bertz CT molecular complexity index is 1270. The molecule has 0 heterocycles. The van der Waals surface area contributed by atoms with Gasteiger partial charge in [0.1, 0.15) is 5.41 Å². The first-order valence-corrected chi connectivity index (χ1v) is 11.8. The predicted molar refractivity (Wildman–Crippen MR) is 134 cm³/mol. The quantitative estimate of drug-likeness (QED) is 0.256. The topological polar surface area (TPSA) is 17.1 Å². The first-order valence-electron chi connectivity index (χ1n) is 10.2. The zero-order valence-electron chi connectivity index (χ0n) is 17.2. The van der Waals surface area contributed by atoms with Gasteiger partial charge < -0.3 is 0 Å². The molecule has 152 valence electrons. The summed E-state index contributed by atoms with van der Waals surface area (Å²) in [5.41, 5.74) is 7.22. The average Bonchev–Trinajstić information content (AvgIpc) is 2.76. The van der Waals surface area contributed by atoms with E-state index in [-0.39, 0.29) is 5.78 Å². The van der Waals surface area contributed by atoms with E-state index in [1.807, 2.05) is 24.3 Å². The van der Waals surface area contributed by atoms with E-state index < -0.39 is 5.41 Å². The fourth-order valence-electron chi connectivity index (χ4n) is 4.67. The number of benzene rings is 4. The van der Waals surface area contributed by atoms with Gasteiger partial charge in [0.05, 0.1) is 0 Å². The highest BCUT2D eigenvalue weighted by molar-refractivity contribution is 9.10. The summed E-state index contributed by atoms with van der Waals surface area (Å²) in [7, 11) is 0. The van der Waals surface area contributed by atoms with Gasteiger partial charge >= 0.3 is 0 Å². The predicted octanol–water partition coefficient (Wildman–Crippen LogP) is 8.03. The van der Waals surface area contributed by atoms with Crippen LogP contribution in [-0.2, 0) is 5.41 Å². The molecule has 0 unspecified atom stereocenters. The Morgan fingerprint density at radius 3 is 1.61 bits per heavy atom. The lowest BCUT2D eigenvalue weighted by molar-refractivity contribution is 0.0933. The van der Waals surface area contributed by atoms with Crippen LogP contribution in [0, 0.1) is 13.8 Å². The van der Waals surface area contributed by atoms with Gasteiger partial charge in [-0.05, 0) is 72.0 Å². The number of halogens is 2. The Kier molecular flexibility index (Phi) is 4.99. The number of ketones is 1. The van der Waals surface area contributed by atoms with E-state index in [0.29, 0.717) is 0 Å². The third-order valence-electron chi connectivity index (χ3n) is 6.21. The monoisotopic (exact) mass is 530 g/mol. The summed E-state index contributed by atoms with van der Waals surface area (Å²) in [4.78, 5) is 14.4. The third kappa shape index (κ3) is 3.14. The Labute approximate surface area is 199 Å². The molecule has 3 heteroatoms. The lowest BCUT2D eigenvalue weighted by atomic mass is 9.60. The van der Waals surface area contributed by atoms with Gasteiger partial charge in [0, 0.05) is 14.5 Å². The maximum absolute atomic E-state index is 14.4. The van der Waals surface area contributed by atoms with Gasteiger partial charge in [-0.25, -0.2) is 0 Å². The Balaban J connectivity index is 1.95. The summed E-state index contributed by atoms with van der Waals surface area (Å²) in [6.07, 6.45) is 0.